The summed E-state index contributed by atoms with van der Waals surface area (Å²) in [5.41, 5.74) is 0.354. The molecule has 0 spiro atoms. The van der Waals surface area contributed by atoms with Crippen molar-refractivity contribution >= 4 is 21.8 Å². The first-order valence-corrected chi connectivity index (χ1v) is 6.93. The summed E-state index contributed by atoms with van der Waals surface area (Å²) >= 11 is 3.11. The van der Waals surface area contributed by atoms with Gasteiger partial charge in [0.25, 0.3) is 5.91 Å². The molecule has 1 unspecified atom stereocenters. The number of halogens is 2. The van der Waals surface area contributed by atoms with Crippen LogP contribution < -0.4 is 10.6 Å². The molecule has 1 saturated heterocycles. The zero-order valence-electron chi connectivity index (χ0n) is 10.0. The van der Waals surface area contributed by atoms with E-state index in [4.69, 9.17) is 0 Å². The van der Waals surface area contributed by atoms with E-state index in [1.165, 1.54) is 6.07 Å². The van der Waals surface area contributed by atoms with E-state index in [2.05, 4.69) is 26.6 Å². The van der Waals surface area contributed by atoms with Gasteiger partial charge in [-0.25, -0.2) is 4.39 Å². The lowest BCUT2D eigenvalue weighted by atomic mass is 10.1. The summed E-state index contributed by atoms with van der Waals surface area (Å²) in [7, 11) is 0. The average Bonchev–Trinajstić information content (AvgIpc) is 2.61. The van der Waals surface area contributed by atoms with Gasteiger partial charge < -0.3 is 10.6 Å². The molecule has 0 aliphatic carbocycles. The molecule has 1 aliphatic heterocycles. The van der Waals surface area contributed by atoms with E-state index in [1.807, 2.05) is 0 Å². The fourth-order valence-electron chi connectivity index (χ4n) is 2.11. The molecule has 1 aromatic rings. The molecule has 0 aromatic heterocycles. The summed E-state index contributed by atoms with van der Waals surface area (Å²) < 4.78 is 13.6. The molecule has 3 nitrogen and oxygen atoms in total. The maximum absolute atomic E-state index is 13.3. The Morgan fingerprint density at radius 1 is 1.39 bits per heavy atom. The number of nitrogens with one attached hydrogen (secondary N) is 2. The average molecular weight is 315 g/mol. The first-order chi connectivity index (χ1) is 8.68. The minimum atomic E-state index is -0.412. The predicted molar refractivity (Wildman–Crippen MR) is 72.1 cm³/mol. The molecular formula is C13H16BrFN2O. The molecule has 1 amide bonds. The van der Waals surface area contributed by atoms with Crippen LogP contribution in [-0.2, 0) is 0 Å². The van der Waals surface area contributed by atoms with Crippen molar-refractivity contribution < 1.29 is 9.18 Å². The SMILES string of the molecule is O=C(NC1CCCNCC1)c1cccc(F)c1Br. The molecule has 1 atom stereocenters. The van der Waals surface area contributed by atoms with Crippen LogP contribution in [0.1, 0.15) is 29.6 Å². The maximum Gasteiger partial charge on any atom is 0.252 e. The van der Waals surface area contributed by atoms with Crippen LogP contribution in [0.15, 0.2) is 22.7 Å². The monoisotopic (exact) mass is 314 g/mol. The van der Waals surface area contributed by atoms with Crippen molar-refractivity contribution in [1.29, 1.82) is 0 Å². The molecule has 1 aliphatic rings. The van der Waals surface area contributed by atoms with Gasteiger partial charge in [-0.2, -0.15) is 0 Å². The molecular weight excluding hydrogens is 299 g/mol. The Morgan fingerprint density at radius 3 is 3.06 bits per heavy atom. The number of hydrogen-bond donors (Lipinski definition) is 2. The molecule has 1 heterocycles. The fraction of sp³-hybridized carbons (Fsp3) is 0.462. The Hall–Kier alpha value is -0.940. The molecule has 1 fully saturated rings. The Balaban J connectivity index is 2.04. The van der Waals surface area contributed by atoms with Crippen LogP contribution in [0.2, 0.25) is 0 Å². The molecule has 5 heteroatoms. The number of carbonyl (C=O) groups is 1. The number of benzene rings is 1. The predicted octanol–water partition coefficient (Wildman–Crippen LogP) is 2.46. The molecule has 18 heavy (non-hydrogen) atoms. The lowest BCUT2D eigenvalue weighted by Crippen LogP contribution is -2.35. The summed E-state index contributed by atoms with van der Waals surface area (Å²) in [6.07, 6.45) is 2.93. The third-order valence-electron chi connectivity index (χ3n) is 3.11. The summed E-state index contributed by atoms with van der Waals surface area (Å²) in [6, 6.07) is 4.67. The van der Waals surface area contributed by atoms with E-state index in [1.54, 1.807) is 12.1 Å². The van der Waals surface area contributed by atoms with E-state index in [0.29, 0.717) is 5.56 Å². The van der Waals surface area contributed by atoms with Gasteiger partial charge in [0, 0.05) is 6.04 Å². The van der Waals surface area contributed by atoms with Crippen LogP contribution >= 0.6 is 15.9 Å². The van der Waals surface area contributed by atoms with Gasteiger partial charge in [-0.1, -0.05) is 6.07 Å². The van der Waals surface area contributed by atoms with E-state index in [9.17, 15) is 9.18 Å². The number of rotatable bonds is 2. The van der Waals surface area contributed by atoms with Gasteiger partial charge in [0.1, 0.15) is 5.82 Å². The van der Waals surface area contributed by atoms with E-state index < -0.39 is 5.82 Å². The minimum absolute atomic E-state index is 0.169. The molecule has 0 radical (unpaired) electrons. The third kappa shape index (κ3) is 3.29. The van der Waals surface area contributed by atoms with Crippen LogP contribution in [0.25, 0.3) is 0 Å². The van der Waals surface area contributed by atoms with Crippen LogP contribution in [0.3, 0.4) is 0 Å². The van der Waals surface area contributed by atoms with Gasteiger partial charge in [0.2, 0.25) is 0 Å². The van der Waals surface area contributed by atoms with Crippen LogP contribution in [0.4, 0.5) is 4.39 Å². The smallest absolute Gasteiger partial charge is 0.252 e. The van der Waals surface area contributed by atoms with Crippen LogP contribution in [0.5, 0.6) is 0 Å². The van der Waals surface area contributed by atoms with Crippen molar-refractivity contribution in [1.82, 2.24) is 10.6 Å². The van der Waals surface area contributed by atoms with Crippen molar-refractivity contribution in [3.05, 3.63) is 34.1 Å². The largest absolute Gasteiger partial charge is 0.349 e. The second-order valence-corrected chi connectivity index (χ2v) is 5.25. The van der Waals surface area contributed by atoms with E-state index in [-0.39, 0.29) is 16.4 Å². The van der Waals surface area contributed by atoms with Crippen LogP contribution in [0, 0.1) is 5.82 Å². The first-order valence-electron chi connectivity index (χ1n) is 6.14. The topological polar surface area (TPSA) is 41.1 Å². The van der Waals surface area contributed by atoms with Crippen molar-refractivity contribution in [3.63, 3.8) is 0 Å². The quantitative estimate of drug-likeness (QED) is 0.880. The Bertz CT molecular complexity index is 431. The second kappa shape index (κ2) is 6.29. The second-order valence-electron chi connectivity index (χ2n) is 4.45. The van der Waals surface area contributed by atoms with Gasteiger partial charge in [-0.3, -0.25) is 4.79 Å². The van der Waals surface area contributed by atoms with Gasteiger partial charge in [0.05, 0.1) is 10.0 Å². The standard InChI is InChI=1S/C13H16BrFN2O/c14-12-10(4-1-5-11(12)15)13(18)17-9-3-2-7-16-8-6-9/h1,4-5,9,16H,2-3,6-8H2,(H,17,18). The zero-order valence-corrected chi connectivity index (χ0v) is 11.6. The van der Waals surface area contributed by atoms with Crippen molar-refractivity contribution in [2.24, 2.45) is 0 Å². The van der Waals surface area contributed by atoms with Crippen molar-refractivity contribution in [2.45, 2.75) is 25.3 Å². The summed E-state index contributed by atoms with van der Waals surface area (Å²) in [5.74, 6) is -0.626. The fourth-order valence-corrected chi connectivity index (χ4v) is 2.55. The summed E-state index contributed by atoms with van der Waals surface area (Å²) in [5, 5.41) is 6.26. The van der Waals surface area contributed by atoms with E-state index in [0.717, 1.165) is 32.4 Å². The lowest BCUT2D eigenvalue weighted by molar-refractivity contribution is 0.0932. The molecule has 0 saturated carbocycles. The van der Waals surface area contributed by atoms with Gasteiger partial charge in [-0.15, -0.1) is 0 Å². The number of amides is 1. The van der Waals surface area contributed by atoms with Crippen molar-refractivity contribution in [2.75, 3.05) is 13.1 Å². The lowest BCUT2D eigenvalue weighted by Gasteiger charge is -2.16. The van der Waals surface area contributed by atoms with Crippen LogP contribution in [-0.4, -0.2) is 25.0 Å². The number of carbonyl (C=O) groups excluding carboxylic acids is 1. The van der Waals surface area contributed by atoms with Gasteiger partial charge in [0.15, 0.2) is 0 Å². The highest BCUT2D eigenvalue weighted by Crippen LogP contribution is 2.20. The minimum Gasteiger partial charge on any atom is -0.349 e. The van der Waals surface area contributed by atoms with Gasteiger partial charge in [-0.05, 0) is 60.4 Å². The Morgan fingerprint density at radius 2 is 2.22 bits per heavy atom. The number of hydrogen-bond acceptors (Lipinski definition) is 2. The summed E-state index contributed by atoms with van der Waals surface area (Å²) in [4.78, 5) is 12.1. The van der Waals surface area contributed by atoms with Gasteiger partial charge >= 0.3 is 0 Å². The Labute approximate surface area is 114 Å². The molecule has 2 rings (SSSR count). The molecule has 1 aromatic carbocycles. The highest BCUT2D eigenvalue weighted by atomic mass is 79.9. The first kappa shape index (κ1) is 13.5. The highest BCUT2D eigenvalue weighted by molar-refractivity contribution is 9.10. The molecule has 98 valence electrons. The Kier molecular flexibility index (Phi) is 4.72. The summed E-state index contributed by atoms with van der Waals surface area (Å²) in [6.45, 7) is 1.91. The zero-order chi connectivity index (χ0) is 13.0. The maximum atomic E-state index is 13.3. The third-order valence-corrected chi connectivity index (χ3v) is 3.91. The van der Waals surface area contributed by atoms with Crippen molar-refractivity contribution in [3.8, 4) is 0 Å². The molecule has 0 bridgehead atoms. The normalized spacial score (nSPS) is 20.2. The highest BCUT2D eigenvalue weighted by Gasteiger charge is 2.18. The molecule has 2 N–H and O–H groups in total. The van der Waals surface area contributed by atoms with E-state index >= 15 is 0 Å².